The van der Waals surface area contributed by atoms with Gasteiger partial charge in [-0.15, -0.1) is 0 Å². The van der Waals surface area contributed by atoms with Crippen molar-refractivity contribution in [2.75, 3.05) is 19.6 Å². The van der Waals surface area contributed by atoms with Crippen LogP contribution >= 0.6 is 0 Å². The maximum atomic E-state index is 12.3. The number of piperidine rings is 1. The first-order valence-corrected chi connectivity index (χ1v) is 7.81. The summed E-state index contributed by atoms with van der Waals surface area (Å²) in [6.07, 6.45) is 9.45. The molecule has 1 aliphatic heterocycles. The number of carbonyl (C=O) groups excluding carboxylic acids is 1. The van der Waals surface area contributed by atoms with Crippen molar-refractivity contribution in [1.29, 1.82) is 0 Å². The standard InChI is InChI=1S/C15H28N2O/c1-2-17(14-5-3-4-6-14)15(18)8-7-13-9-11-16-12-10-13/h13-14,16H,2-12H2,1H3. The molecule has 1 amide bonds. The Morgan fingerprint density at radius 3 is 2.44 bits per heavy atom. The second kappa shape index (κ2) is 7.13. The summed E-state index contributed by atoms with van der Waals surface area (Å²) in [5.41, 5.74) is 0. The van der Waals surface area contributed by atoms with Crippen molar-refractivity contribution in [2.24, 2.45) is 5.92 Å². The molecule has 0 radical (unpaired) electrons. The molecule has 0 spiro atoms. The van der Waals surface area contributed by atoms with Crippen LogP contribution in [0.1, 0.15) is 58.3 Å². The average Bonchev–Trinajstić information content (AvgIpc) is 2.92. The molecule has 0 unspecified atom stereocenters. The molecule has 0 atom stereocenters. The van der Waals surface area contributed by atoms with Gasteiger partial charge in [-0.3, -0.25) is 4.79 Å². The van der Waals surface area contributed by atoms with Gasteiger partial charge in [0.2, 0.25) is 5.91 Å². The molecule has 18 heavy (non-hydrogen) atoms. The van der Waals surface area contributed by atoms with E-state index in [0.29, 0.717) is 11.9 Å². The van der Waals surface area contributed by atoms with E-state index in [9.17, 15) is 4.79 Å². The maximum absolute atomic E-state index is 12.3. The van der Waals surface area contributed by atoms with Crippen molar-refractivity contribution in [3.63, 3.8) is 0 Å². The summed E-state index contributed by atoms with van der Waals surface area (Å²) >= 11 is 0. The smallest absolute Gasteiger partial charge is 0.222 e. The highest BCUT2D eigenvalue weighted by Crippen LogP contribution is 2.25. The highest BCUT2D eigenvalue weighted by atomic mass is 16.2. The van der Waals surface area contributed by atoms with Crippen molar-refractivity contribution in [3.05, 3.63) is 0 Å². The van der Waals surface area contributed by atoms with Gasteiger partial charge in [0.05, 0.1) is 0 Å². The van der Waals surface area contributed by atoms with Crippen molar-refractivity contribution < 1.29 is 4.79 Å². The Balaban J connectivity index is 1.74. The minimum atomic E-state index is 0.405. The van der Waals surface area contributed by atoms with Crippen molar-refractivity contribution in [2.45, 2.75) is 64.3 Å². The Hall–Kier alpha value is -0.570. The van der Waals surface area contributed by atoms with Crippen LogP contribution in [0.2, 0.25) is 0 Å². The van der Waals surface area contributed by atoms with Gasteiger partial charge in [-0.2, -0.15) is 0 Å². The highest BCUT2D eigenvalue weighted by molar-refractivity contribution is 5.76. The molecule has 0 aromatic carbocycles. The molecular weight excluding hydrogens is 224 g/mol. The molecule has 1 saturated carbocycles. The van der Waals surface area contributed by atoms with Crippen LogP contribution in [0, 0.1) is 5.92 Å². The molecule has 1 N–H and O–H groups in total. The van der Waals surface area contributed by atoms with Crippen LogP contribution in [0.25, 0.3) is 0 Å². The normalized spacial score (nSPS) is 22.3. The lowest BCUT2D eigenvalue weighted by Crippen LogP contribution is -2.39. The predicted molar refractivity (Wildman–Crippen MR) is 74.5 cm³/mol. The molecule has 2 rings (SSSR count). The van der Waals surface area contributed by atoms with E-state index >= 15 is 0 Å². The number of hydrogen-bond donors (Lipinski definition) is 1. The Kier molecular flexibility index (Phi) is 5.48. The minimum absolute atomic E-state index is 0.405. The van der Waals surface area contributed by atoms with Crippen LogP contribution in [0.15, 0.2) is 0 Å². The van der Waals surface area contributed by atoms with Gasteiger partial charge in [0.25, 0.3) is 0 Å². The molecule has 0 aromatic heterocycles. The molecule has 1 saturated heterocycles. The first-order chi connectivity index (χ1) is 8.81. The molecule has 0 aromatic rings. The monoisotopic (exact) mass is 252 g/mol. The maximum Gasteiger partial charge on any atom is 0.222 e. The number of nitrogens with zero attached hydrogens (tertiary/aromatic N) is 1. The second-order valence-corrected chi connectivity index (χ2v) is 5.85. The Morgan fingerprint density at radius 1 is 1.17 bits per heavy atom. The zero-order valence-electron chi connectivity index (χ0n) is 11.8. The summed E-state index contributed by atoms with van der Waals surface area (Å²) in [4.78, 5) is 14.5. The molecule has 1 aliphatic carbocycles. The fraction of sp³-hybridized carbons (Fsp3) is 0.933. The lowest BCUT2D eigenvalue weighted by molar-refractivity contribution is -0.133. The van der Waals surface area contributed by atoms with Crippen molar-refractivity contribution >= 4 is 5.91 Å². The van der Waals surface area contributed by atoms with Crippen molar-refractivity contribution in [3.8, 4) is 0 Å². The third-order valence-corrected chi connectivity index (χ3v) is 4.65. The highest BCUT2D eigenvalue weighted by Gasteiger charge is 2.25. The topological polar surface area (TPSA) is 32.3 Å². The largest absolute Gasteiger partial charge is 0.340 e. The SMILES string of the molecule is CCN(C(=O)CCC1CCNCC1)C1CCCC1. The molecule has 2 fully saturated rings. The average molecular weight is 252 g/mol. The molecule has 0 bridgehead atoms. The fourth-order valence-electron chi connectivity index (χ4n) is 3.50. The number of hydrogen-bond acceptors (Lipinski definition) is 2. The number of carbonyl (C=O) groups is 1. The predicted octanol–water partition coefficient (Wildman–Crippen LogP) is 2.56. The fourth-order valence-corrected chi connectivity index (χ4v) is 3.50. The van der Waals surface area contributed by atoms with Gasteiger partial charge in [-0.05, 0) is 58.0 Å². The van der Waals surface area contributed by atoms with Crippen LogP contribution in [0.4, 0.5) is 0 Å². The van der Waals surface area contributed by atoms with Gasteiger partial charge < -0.3 is 10.2 Å². The number of nitrogens with one attached hydrogen (secondary N) is 1. The van der Waals surface area contributed by atoms with Crippen LogP contribution in [-0.2, 0) is 4.79 Å². The summed E-state index contributed by atoms with van der Waals surface area (Å²) in [5.74, 6) is 1.18. The summed E-state index contributed by atoms with van der Waals surface area (Å²) in [5, 5.41) is 3.39. The van der Waals surface area contributed by atoms with E-state index in [1.807, 2.05) is 0 Å². The first kappa shape index (κ1) is 13.9. The first-order valence-electron chi connectivity index (χ1n) is 7.81. The Bertz CT molecular complexity index is 255. The quantitative estimate of drug-likeness (QED) is 0.815. The van der Waals surface area contributed by atoms with Crippen LogP contribution in [-0.4, -0.2) is 36.5 Å². The van der Waals surface area contributed by atoms with Crippen molar-refractivity contribution in [1.82, 2.24) is 10.2 Å². The van der Waals surface area contributed by atoms with Crippen LogP contribution in [0.5, 0.6) is 0 Å². The van der Waals surface area contributed by atoms with E-state index in [1.165, 1.54) is 38.5 Å². The summed E-state index contributed by atoms with van der Waals surface area (Å²) in [6.45, 7) is 5.30. The van der Waals surface area contributed by atoms with Crippen LogP contribution < -0.4 is 5.32 Å². The van der Waals surface area contributed by atoms with Gasteiger partial charge in [0, 0.05) is 19.0 Å². The van der Waals surface area contributed by atoms with E-state index in [-0.39, 0.29) is 0 Å². The summed E-state index contributed by atoms with van der Waals surface area (Å²) in [7, 11) is 0. The van der Waals surface area contributed by atoms with Gasteiger partial charge in [-0.1, -0.05) is 12.8 Å². The number of rotatable bonds is 5. The van der Waals surface area contributed by atoms with Gasteiger partial charge >= 0.3 is 0 Å². The molecule has 104 valence electrons. The Labute approximate surface area is 111 Å². The van der Waals surface area contributed by atoms with E-state index in [2.05, 4.69) is 17.1 Å². The minimum Gasteiger partial charge on any atom is -0.340 e. The summed E-state index contributed by atoms with van der Waals surface area (Å²) < 4.78 is 0. The zero-order valence-corrected chi connectivity index (χ0v) is 11.8. The molecule has 2 aliphatic rings. The lowest BCUT2D eigenvalue weighted by atomic mass is 9.93. The lowest BCUT2D eigenvalue weighted by Gasteiger charge is -2.29. The van der Waals surface area contributed by atoms with E-state index in [4.69, 9.17) is 0 Å². The van der Waals surface area contributed by atoms with Gasteiger partial charge in [0.15, 0.2) is 0 Å². The van der Waals surface area contributed by atoms with E-state index in [0.717, 1.165) is 38.4 Å². The van der Waals surface area contributed by atoms with Crippen LogP contribution in [0.3, 0.4) is 0 Å². The molecule has 3 heteroatoms. The number of amides is 1. The van der Waals surface area contributed by atoms with Gasteiger partial charge in [0.1, 0.15) is 0 Å². The van der Waals surface area contributed by atoms with E-state index < -0.39 is 0 Å². The van der Waals surface area contributed by atoms with E-state index in [1.54, 1.807) is 0 Å². The second-order valence-electron chi connectivity index (χ2n) is 5.85. The third-order valence-electron chi connectivity index (χ3n) is 4.65. The molecule has 3 nitrogen and oxygen atoms in total. The Morgan fingerprint density at radius 2 is 1.83 bits per heavy atom. The summed E-state index contributed by atoms with van der Waals surface area (Å²) in [6, 6.07) is 0.551. The van der Waals surface area contributed by atoms with Gasteiger partial charge in [-0.25, -0.2) is 0 Å². The molecule has 1 heterocycles. The molecular formula is C15H28N2O. The third kappa shape index (κ3) is 3.71. The zero-order chi connectivity index (χ0) is 12.8.